The van der Waals surface area contributed by atoms with E-state index in [0.29, 0.717) is 11.8 Å². The Hall–Kier alpha value is -0.330. The first kappa shape index (κ1) is 7.77. The van der Waals surface area contributed by atoms with Gasteiger partial charge in [0, 0.05) is 5.92 Å². The molecule has 0 amide bonds. The van der Waals surface area contributed by atoms with Gasteiger partial charge in [-0.1, -0.05) is 20.8 Å². The highest BCUT2D eigenvalue weighted by molar-refractivity contribution is 5.08. The normalized spacial score (nSPS) is 33.1. The molecule has 0 radical (unpaired) electrons. The van der Waals surface area contributed by atoms with Gasteiger partial charge in [0.1, 0.15) is 0 Å². The largest absolute Gasteiger partial charge is 0.212 e. The smallest absolute Gasteiger partial charge is 0.0996 e. The van der Waals surface area contributed by atoms with Gasteiger partial charge in [0.25, 0.3) is 0 Å². The standard InChI is InChI=1S/C9H15F/c1-6(2)8-4-7(3)5-9(8)10/h5-8H,4H2,1-3H3. The Morgan fingerprint density at radius 2 is 2.20 bits per heavy atom. The summed E-state index contributed by atoms with van der Waals surface area (Å²) in [6, 6.07) is 0. The van der Waals surface area contributed by atoms with Crippen molar-refractivity contribution >= 4 is 0 Å². The molecular weight excluding hydrogens is 127 g/mol. The molecule has 0 N–H and O–H groups in total. The van der Waals surface area contributed by atoms with E-state index < -0.39 is 0 Å². The molecule has 2 atom stereocenters. The van der Waals surface area contributed by atoms with Crippen LogP contribution in [0.4, 0.5) is 4.39 Å². The average Bonchev–Trinajstić information content (AvgIpc) is 2.10. The summed E-state index contributed by atoms with van der Waals surface area (Å²) in [6.45, 7) is 6.23. The van der Waals surface area contributed by atoms with E-state index in [9.17, 15) is 4.39 Å². The molecule has 10 heavy (non-hydrogen) atoms. The van der Waals surface area contributed by atoms with Crippen molar-refractivity contribution in [1.82, 2.24) is 0 Å². The monoisotopic (exact) mass is 142 g/mol. The maximum absolute atomic E-state index is 13.0. The summed E-state index contributed by atoms with van der Waals surface area (Å²) in [7, 11) is 0. The fourth-order valence-corrected chi connectivity index (χ4v) is 1.57. The van der Waals surface area contributed by atoms with Crippen molar-refractivity contribution in [3.63, 3.8) is 0 Å². The summed E-state index contributed by atoms with van der Waals surface area (Å²) in [5, 5.41) is 0. The summed E-state index contributed by atoms with van der Waals surface area (Å²) in [4.78, 5) is 0. The third-order valence-corrected chi connectivity index (χ3v) is 2.23. The van der Waals surface area contributed by atoms with E-state index in [1.165, 1.54) is 0 Å². The zero-order valence-electron chi connectivity index (χ0n) is 6.89. The highest BCUT2D eigenvalue weighted by atomic mass is 19.1. The molecule has 0 aliphatic heterocycles. The van der Waals surface area contributed by atoms with Crippen LogP contribution >= 0.6 is 0 Å². The Morgan fingerprint density at radius 3 is 2.40 bits per heavy atom. The van der Waals surface area contributed by atoms with E-state index in [4.69, 9.17) is 0 Å². The lowest BCUT2D eigenvalue weighted by Gasteiger charge is -2.13. The molecular formula is C9H15F. The lowest BCUT2D eigenvalue weighted by atomic mass is 9.93. The van der Waals surface area contributed by atoms with E-state index >= 15 is 0 Å². The van der Waals surface area contributed by atoms with Crippen molar-refractivity contribution < 1.29 is 4.39 Å². The van der Waals surface area contributed by atoms with E-state index in [1.807, 2.05) is 0 Å². The molecule has 1 rings (SSSR count). The summed E-state index contributed by atoms with van der Waals surface area (Å²) < 4.78 is 13.0. The first-order chi connectivity index (χ1) is 4.61. The Labute approximate surface area is 62.1 Å². The molecule has 0 saturated carbocycles. The maximum atomic E-state index is 13.0. The summed E-state index contributed by atoms with van der Waals surface area (Å²) in [5.41, 5.74) is 0. The number of rotatable bonds is 1. The summed E-state index contributed by atoms with van der Waals surface area (Å²) in [5.74, 6) is 1.23. The molecule has 0 aromatic rings. The van der Waals surface area contributed by atoms with Gasteiger partial charge in [0.05, 0.1) is 5.83 Å². The minimum Gasteiger partial charge on any atom is -0.212 e. The third-order valence-electron chi connectivity index (χ3n) is 2.23. The zero-order valence-corrected chi connectivity index (χ0v) is 6.89. The average molecular weight is 142 g/mol. The molecule has 0 nitrogen and oxygen atoms in total. The van der Waals surface area contributed by atoms with Gasteiger partial charge in [0.15, 0.2) is 0 Å². The molecule has 0 aromatic heterocycles. The molecule has 0 fully saturated rings. The number of hydrogen-bond acceptors (Lipinski definition) is 0. The van der Waals surface area contributed by atoms with Crippen molar-refractivity contribution in [3.05, 3.63) is 11.9 Å². The highest BCUT2D eigenvalue weighted by Crippen LogP contribution is 2.35. The van der Waals surface area contributed by atoms with Crippen molar-refractivity contribution in [2.24, 2.45) is 17.8 Å². The van der Waals surface area contributed by atoms with Crippen molar-refractivity contribution in [2.45, 2.75) is 27.2 Å². The van der Waals surface area contributed by atoms with Gasteiger partial charge in [-0.3, -0.25) is 0 Å². The fourth-order valence-electron chi connectivity index (χ4n) is 1.57. The van der Waals surface area contributed by atoms with Gasteiger partial charge >= 0.3 is 0 Å². The SMILES string of the molecule is CC1C=C(F)C(C(C)C)C1. The molecule has 1 aliphatic rings. The van der Waals surface area contributed by atoms with Crippen LogP contribution in [0.3, 0.4) is 0 Å². The van der Waals surface area contributed by atoms with E-state index in [0.717, 1.165) is 6.42 Å². The van der Waals surface area contributed by atoms with Crippen molar-refractivity contribution in [1.29, 1.82) is 0 Å². The topological polar surface area (TPSA) is 0 Å². The molecule has 1 heteroatoms. The van der Waals surface area contributed by atoms with Crippen LogP contribution in [0.15, 0.2) is 11.9 Å². The second kappa shape index (κ2) is 2.73. The summed E-state index contributed by atoms with van der Waals surface area (Å²) >= 11 is 0. The lowest BCUT2D eigenvalue weighted by molar-refractivity contribution is 0.357. The van der Waals surface area contributed by atoms with E-state index in [2.05, 4.69) is 20.8 Å². The van der Waals surface area contributed by atoms with Gasteiger partial charge in [-0.25, -0.2) is 4.39 Å². The number of halogens is 1. The highest BCUT2D eigenvalue weighted by Gasteiger charge is 2.26. The first-order valence-electron chi connectivity index (χ1n) is 3.98. The Morgan fingerprint density at radius 1 is 1.60 bits per heavy atom. The lowest BCUT2D eigenvalue weighted by Crippen LogP contribution is -2.06. The molecule has 1 aliphatic carbocycles. The van der Waals surface area contributed by atoms with Crippen LogP contribution in [0.25, 0.3) is 0 Å². The predicted octanol–water partition coefficient (Wildman–Crippen LogP) is 3.15. The van der Waals surface area contributed by atoms with Crippen LogP contribution in [0.1, 0.15) is 27.2 Å². The minimum absolute atomic E-state index is 0.113. The van der Waals surface area contributed by atoms with Crippen molar-refractivity contribution in [2.75, 3.05) is 0 Å². The minimum atomic E-state index is 0.113. The molecule has 0 saturated heterocycles. The first-order valence-corrected chi connectivity index (χ1v) is 3.98. The van der Waals surface area contributed by atoms with E-state index in [-0.39, 0.29) is 11.7 Å². The van der Waals surface area contributed by atoms with Crippen LogP contribution in [0, 0.1) is 17.8 Å². The van der Waals surface area contributed by atoms with E-state index in [1.54, 1.807) is 6.08 Å². The Kier molecular flexibility index (Phi) is 2.12. The third kappa shape index (κ3) is 1.39. The van der Waals surface area contributed by atoms with Gasteiger partial charge in [-0.05, 0) is 24.3 Å². The molecule has 0 bridgehead atoms. The van der Waals surface area contributed by atoms with Gasteiger partial charge in [0.2, 0.25) is 0 Å². The second-order valence-corrected chi connectivity index (χ2v) is 3.62. The van der Waals surface area contributed by atoms with Crippen LogP contribution in [-0.2, 0) is 0 Å². The molecule has 2 unspecified atom stereocenters. The maximum Gasteiger partial charge on any atom is 0.0996 e. The zero-order chi connectivity index (χ0) is 7.72. The van der Waals surface area contributed by atoms with Crippen molar-refractivity contribution in [3.8, 4) is 0 Å². The summed E-state index contributed by atoms with van der Waals surface area (Å²) in [6.07, 6.45) is 2.76. The Balaban J connectivity index is 2.59. The van der Waals surface area contributed by atoms with Crippen LogP contribution in [0.5, 0.6) is 0 Å². The van der Waals surface area contributed by atoms with Crippen LogP contribution in [0.2, 0.25) is 0 Å². The van der Waals surface area contributed by atoms with Gasteiger partial charge in [-0.15, -0.1) is 0 Å². The molecule has 58 valence electrons. The second-order valence-electron chi connectivity index (χ2n) is 3.62. The molecule has 0 heterocycles. The Bertz CT molecular complexity index is 147. The van der Waals surface area contributed by atoms with Crippen LogP contribution < -0.4 is 0 Å². The van der Waals surface area contributed by atoms with Gasteiger partial charge < -0.3 is 0 Å². The molecule has 0 aromatic carbocycles. The number of allylic oxidation sites excluding steroid dienone is 2. The molecule has 0 spiro atoms. The number of hydrogen-bond donors (Lipinski definition) is 0. The van der Waals surface area contributed by atoms with Crippen LogP contribution in [-0.4, -0.2) is 0 Å². The quantitative estimate of drug-likeness (QED) is 0.527. The fraction of sp³-hybridized carbons (Fsp3) is 0.778. The van der Waals surface area contributed by atoms with Gasteiger partial charge in [-0.2, -0.15) is 0 Å². The predicted molar refractivity (Wildman–Crippen MR) is 41.3 cm³/mol.